The summed E-state index contributed by atoms with van der Waals surface area (Å²) in [6.45, 7) is 0.133. The van der Waals surface area contributed by atoms with Gasteiger partial charge >= 0.3 is 0 Å². The van der Waals surface area contributed by atoms with Crippen molar-refractivity contribution in [1.29, 1.82) is 5.41 Å². The minimum Gasteiger partial charge on any atom is -0.384 e. The minimum atomic E-state index is -0.514. The summed E-state index contributed by atoms with van der Waals surface area (Å²) in [4.78, 5) is 35.7. The van der Waals surface area contributed by atoms with Crippen LogP contribution in [0.25, 0.3) is 0 Å². The molecule has 1 atom stereocenters. The maximum atomic E-state index is 12.9. The van der Waals surface area contributed by atoms with Crippen LogP contribution in [-0.2, 0) is 28.9 Å². The summed E-state index contributed by atoms with van der Waals surface area (Å²) in [6.07, 6.45) is 1.82. The summed E-state index contributed by atoms with van der Waals surface area (Å²) in [7, 11) is 0.493. The number of hydrogen-bond acceptors (Lipinski definition) is 6. The lowest BCUT2D eigenvalue weighted by atomic mass is 9.82. The van der Waals surface area contributed by atoms with E-state index in [1.165, 1.54) is 12.1 Å². The van der Waals surface area contributed by atoms with Crippen LogP contribution in [0.2, 0.25) is 0 Å². The van der Waals surface area contributed by atoms with Crippen LogP contribution in [0.3, 0.4) is 0 Å². The van der Waals surface area contributed by atoms with Crippen LogP contribution < -0.4 is 21.6 Å². The van der Waals surface area contributed by atoms with Gasteiger partial charge in [-0.15, -0.1) is 0 Å². The highest BCUT2D eigenvalue weighted by molar-refractivity contribution is 6.32. The summed E-state index contributed by atoms with van der Waals surface area (Å²) >= 11 is 0. The van der Waals surface area contributed by atoms with E-state index in [-0.39, 0.29) is 36.4 Å². The van der Waals surface area contributed by atoms with Crippen LogP contribution in [0.4, 0.5) is 5.69 Å². The standard InChI is InChI=1S/C27H31BN6O4/c29-26(30)22-11-6-21(7-12-22)17-31-25(35)18-32-27(36)24(15-10-19-4-2-1-3-5-19)33-28-16-20-8-13-23(14-9-20)34(37)38/h1-9,11-14,24,28,33H,10,15-18H2,(H3,29,30)(H,31,35)(H,32,36)/t24-/m1/s1. The first kappa shape index (κ1) is 28.1. The van der Waals surface area contributed by atoms with Crippen molar-refractivity contribution in [3.8, 4) is 0 Å². The smallest absolute Gasteiger partial charge is 0.269 e. The number of nitrogen functional groups attached to an aromatic ring is 1. The molecule has 6 N–H and O–H groups in total. The molecule has 3 aromatic rings. The monoisotopic (exact) mass is 514 g/mol. The summed E-state index contributed by atoms with van der Waals surface area (Å²) in [5.74, 6) is -0.612. The molecule has 0 heterocycles. The molecule has 0 aliphatic rings. The van der Waals surface area contributed by atoms with Crippen molar-refractivity contribution >= 4 is 30.8 Å². The summed E-state index contributed by atoms with van der Waals surface area (Å²) < 4.78 is 0. The largest absolute Gasteiger partial charge is 0.384 e. The molecule has 0 fully saturated rings. The van der Waals surface area contributed by atoms with E-state index in [2.05, 4.69) is 15.9 Å². The van der Waals surface area contributed by atoms with Crippen LogP contribution in [-0.4, -0.2) is 42.6 Å². The van der Waals surface area contributed by atoms with E-state index >= 15 is 0 Å². The topological polar surface area (TPSA) is 163 Å². The van der Waals surface area contributed by atoms with E-state index in [1.807, 2.05) is 30.3 Å². The van der Waals surface area contributed by atoms with Gasteiger partial charge in [0.25, 0.3) is 5.69 Å². The second kappa shape index (κ2) is 14.3. The number of carbonyl (C=O) groups excluding carboxylic acids is 2. The molecule has 38 heavy (non-hydrogen) atoms. The highest BCUT2D eigenvalue weighted by atomic mass is 16.6. The van der Waals surface area contributed by atoms with E-state index in [4.69, 9.17) is 11.1 Å². The molecule has 0 aromatic heterocycles. The first-order chi connectivity index (χ1) is 18.3. The fourth-order valence-corrected chi connectivity index (χ4v) is 3.81. The van der Waals surface area contributed by atoms with Gasteiger partial charge in [-0.05, 0) is 30.3 Å². The van der Waals surface area contributed by atoms with Crippen molar-refractivity contribution < 1.29 is 14.5 Å². The Morgan fingerprint density at radius 3 is 2.21 bits per heavy atom. The van der Waals surface area contributed by atoms with Gasteiger partial charge in [0.05, 0.1) is 17.5 Å². The third-order valence-electron chi connectivity index (χ3n) is 6.01. The third kappa shape index (κ3) is 9.18. The Kier molecular flexibility index (Phi) is 10.6. The number of hydrogen-bond donors (Lipinski definition) is 5. The molecular formula is C27H31BN6O4. The number of benzene rings is 3. The molecule has 3 rings (SSSR count). The Balaban J connectivity index is 1.50. The maximum absolute atomic E-state index is 12.9. The summed E-state index contributed by atoms with van der Waals surface area (Å²) in [5.41, 5.74) is 8.97. The zero-order valence-corrected chi connectivity index (χ0v) is 21.0. The quantitative estimate of drug-likeness (QED) is 0.0724. The Hall–Kier alpha value is -4.51. The van der Waals surface area contributed by atoms with E-state index in [9.17, 15) is 19.7 Å². The van der Waals surface area contributed by atoms with Gasteiger partial charge in [0.1, 0.15) is 5.84 Å². The summed E-state index contributed by atoms with van der Waals surface area (Å²) in [5, 5.41) is 27.0. The van der Waals surface area contributed by atoms with Crippen LogP contribution in [0, 0.1) is 15.5 Å². The molecule has 0 saturated heterocycles. The number of amides is 2. The van der Waals surface area contributed by atoms with Gasteiger partial charge in [0, 0.05) is 24.2 Å². The van der Waals surface area contributed by atoms with Gasteiger partial charge in [-0.3, -0.25) is 25.1 Å². The first-order valence-corrected chi connectivity index (χ1v) is 12.3. The van der Waals surface area contributed by atoms with Gasteiger partial charge in [-0.2, -0.15) is 0 Å². The van der Waals surface area contributed by atoms with Crippen LogP contribution in [0.5, 0.6) is 0 Å². The number of amidine groups is 1. The Morgan fingerprint density at radius 1 is 0.921 bits per heavy atom. The van der Waals surface area contributed by atoms with E-state index in [0.717, 1.165) is 16.7 Å². The highest BCUT2D eigenvalue weighted by Gasteiger charge is 2.19. The Morgan fingerprint density at radius 2 is 1.58 bits per heavy atom. The molecule has 0 unspecified atom stereocenters. The van der Waals surface area contributed by atoms with Gasteiger partial charge in [0.15, 0.2) is 0 Å². The first-order valence-electron chi connectivity index (χ1n) is 12.3. The van der Waals surface area contributed by atoms with Gasteiger partial charge in [-0.25, -0.2) is 0 Å². The molecule has 0 aliphatic carbocycles. The molecule has 196 valence electrons. The fourth-order valence-electron chi connectivity index (χ4n) is 3.81. The van der Waals surface area contributed by atoms with Gasteiger partial charge < -0.3 is 21.6 Å². The summed E-state index contributed by atoms with van der Waals surface area (Å²) in [6, 6.07) is 22.7. The number of non-ortho nitro benzene ring substituents is 1. The van der Waals surface area contributed by atoms with Crippen molar-refractivity contribution in [2.75, 3.05) is 6.54 Å². The second-order valence-electron chi connectivity index (χ2n) is 8.81. The molecule has 3 aromatic carbocycles. The average Bonchev–Trinajstić information content (AvgIpc) is 2.93. The number of rotatable bonds is 14. The molecule has 0 radical (unpaired) electrons. The normalized spacial score (nSPS) is 11.3. The van der Waals surface area contributed by atoms with E-state index in [0.29, 0.717) is 32.1 Å². The Labute approximate surface area is 221 Å². The molecular weight excluding hydrogens is 483 g/mol. The minimum absolute atomic E-state index is 0.0218. The SMILES string of the molecule is N=C(N)c1ccc(CNC(=O)CNC(=O)[C@@H](CCc2ccccc2)NBCc2ccc([N+](=O)[O-])cc2)cc1. The predicted octanol–water partition coefficient (Wildman–Crippen LogP) is 1.75. The molecule has 0 aliphatic heterocycles. The number of carbonyl (C=O) groups is 2. The highest BCUT2D eigenvalue weighted by Crippen LogP contribution is 2.12. The predicted molar refractivity (Wildman–Crippen MR) is 148 cm³/mol. The zero-order valence-electron chi connectivity index (χ0n) is 21.0. The van der Waals surface area contributed by atoms with Crippen molar-refractivity contribution in [2.45, 2.75) is 31.7 Å². The lowest BCUT2D eigenvalue weighted by Crippen LogP contribution is -2.48. The molecule has 10 nitrogen and oxygen atoms in total. The van der Waals surface area contributed by atoms with Crippen molar-refractivity contribution in [3.05, 3.63) is 111 Å². The second-order valence-corrected chi connectivity index (χ2v) is 8.81. The van der Waals surface area contributed by atoms with Crippen LogP contribution in [0.1, 0.15) is 28.7 Å². The van der Waals surface area contributed by atoms with E-state index < -0.39 is 11.0 Å². The lowest BCUT2D eigenvalue weighted by molar-refractivity contribution is -0.384. The van der Waals surface area contributed by atoms with Gasteiger partial charge in [-0.1, -0.05) is 72.3 Å². The lowest BCUT2D eigenvalue weighted by Gasteiger charge is -2.18. The molecule has 2 amide bonds. The third-order valence-corrected chi connectivity index (χ3v) is 6.01. The van der Waals surface area contributed by atoms with Crippen molar-refractivity contribution in [1.82, 2.24) is 15.9 Å². The van der Waals surface area contributed by atoms with Crippen molar-refractivity contribution in [3.63, 3.8) is 0 Å². The number of nitro benzene ring substituents is 1. The number of nitrogens with zero attached hydrogens (tertiary/aromatic N) is 1. The molecule has 0 saturated carbocycles. The number of nitrogens with one attached hydrogen (secondary N) is 4. The maximum Gasteiger partial charge on any atom is 0.269 e. The van der Waals surface area contributed by atoms with E-state index in [1.54, 1.807) is 36.4 Å². The number of nitro groups is 1. The number of nitrogens with two attached hydrogens (primary N) is 1. The van der Waals surface area contributed by atoms with Crippen LogP contribution in [0.15, 0.2) is 78.9 Å². The van der Waals surface area contributed by atoms with Crippen molar-refractivity contribution in [2.24, 2.45) is 5.73 Å². The molecule has 11 heteroatoms. The molecule has 0 bridgehead atoms. The van der Waals surface area contributed by atoms with Gasteiger partial charge in [0.2, 0.25) is 19.2 Å². The fraction of sp³-hybridized carbons (Fsp3) is 0.222. The Bertz CT molecular complexity index is 1240. The average molecular weight is 514 g/mol. The van der Waals surface area contributed by atoms with Crippen LogP contribution >= 0.6 is 0 Å². The zero-order chi connectivity index (χ0) is 27.3. The number of aryl methyl sites for hydroxylation is 1. The molecule has 0 spiro atoms.